The van der Waals surface area contributed by atoms with Gasteiger partial charge in [0.25, 0.3) is 0 Å². The Morgan fingerprint density at radius 3 is 2.58 bits per heavy atom. The molecule has 0 aliphatic carbocycles. The van der Waals surface area contributed by atoms with E-state index in [2.05, 4.69) is 26.8 Å². The number of rotatable bonds is 1. The zero-order valence-electron chi connectivity index (χ0n) is 7.82. The summed E-state index contributed by atoms with van der Waals surface area (Å²) >= 11 is 6.00. The molecule has 0 unspecified atom stereocenters. The molecule has 0 N–H and O–H groups in total. The van der Waals surface area contributed by atoms with Crippen LogP contribution in [-0.4, -0.2) is 0 Å². The molecule has 0 spiro atoms. The quantitative estimate of drug-likeness (QED) is 0.620. The fourth-order valence-corrected chi connectivity index (χ4v) is 1.31. The Labute approximate surface area is 79.6 Å². The summed E-state index contributed by atoms with van der Waals surface area (Å²) in [5.41, 5.74) is 1.40. The first-order valence-corrected chi connectivity index (χ1v) is 4.52. The lowest BCUT2D eigenvalue weighted by Gasteiger charge is -2.18. The van der Waals surface area contributed by atoms with E-state index in [1.807, 2.05) is 18.2 Å². The van der Waals surface area contributed by atoms with Gasteiger partial charge in [-0.3, -0.25) is 0 Å². The van der Waals surface area contributed by atoms with Crippen molar-refractivity contribution in [1.29, 1.82) is 0 Å². The standard InChI is InChI=1S/C11H14Cl/c1-11(2,3)8-9-6-4-5-7-10(9)12/h4-5,7H,8H2,1-3H3. The van der Waals surface area contributed by atoms with Crippen LogP contribution in [0.5, 0.6) is 0 Å². The van der Waals surface area contributed by atoms with Crippen LogP contribution >= 0.6 is 11.6 Å². The summed E-state index contributed by atoms with van der Waals surface area (Å²) in [6.07, 6.45) is 0.979. The molecule has 12 heavy (non-hydrogen) atoms. The van der Waals surface area contributed by atoms with E-state index in [0.717, 1.165) is 17.0 Å². The molecule has 1 aromatic carbocycles. The van der Waals surface area contributed by atoms with Crippen molar-refractivity contribution in [2.75, 3.05) is 0 Å². The lowest BCUT2D eigenvalue weighted by atomic mass is 9.88. The maximum Gasteiger partial charge on any atom is 0.0444 e. The van der Waals surface area contributed by atoms with Crippen LogP contribution in [0.4, 0.5) is 0 Å². The molecule has 0 bridgehead atoms. The van der Waals surface area contributed by atoms with Crippen LogP contribution in [0.15, 0.2) is 18.2 Å². The van der Waals surface area contributed by atoms with Gasteiger partial charge in [-0.25, -0.2) is 0 Å². The lowest BCUT2D eigenvalue weighted by molar-refractivity contribution is 0.411. The third kappa shape index (κ3) is 2.86. The molecule has 0 saturated carbocycles. The first-order chi connectivity index (χ1) is 5.49. The monoisotopic (exact) mass is 181 g/mol. The average molecular weight is 182 g/mol. The normalized spacial score (nSPS) is 11.7. The molecule has 0 nitrogen and oxygen atoms in total. The van der Waals surface area contributed by atoms with Gasteiger partial charge in [0, 0.05) is 5.02 Å². The Balaban J connectivity index is 2.83. The minimum atomic E-state index is 0.279. The van der Waals surface area contributed by atoms with Gasteiger partial charge in [-0.1, -0.05) is 44.5 Å². The molecular weight excluding hydrogens is 168 g/mol. The van der Waals surface area contributed by atoms with Crippen molar-refractivity contribution < 1.29 is 0 Å². The minimum absolute atomic E-state index is 0.279. The summed E-state index contributed by atoms with van der Waals surface area (Å²) < 4.78 is 0. The molecule has 1 aromatic rings. The average Bonchev–Trinajstić information content (AvgIpc) is 1.91. The Bertz CT molecular complexity index is 258. The maximum absolute atomic E-state index is 6.00. The number of halogens is 1. The Hall–Kier alpha value is -0.490. The first kappa shape index (κ1) is 9.60. The number of benzene rings is 1. The van der Waals surface area contributed by atoms with Gasteiger partial charge in [-0.15, -0.1) is 0 Å². The van der Waals surface area contributed by atoms with Gasteiger partial charge >= 0.3 is 0 Å². The van der Waals surface area contributed by atoms with Crippen molar-refractivity contribution in [2.45, 2.75) is 27.2 Å². The van der Waals surface area contributed by atoms with E-state index >= 15 is 0 Å². The molecule has 0 aliphatic heterocycles. The van der Waals surface area contributed by atoms with Gasteiger partial charge in [0.05, 0.1) is 0 Å². The van der Waals surface area contributed by atoms with Gasteiger partial charge < -0.3 is 0 Å². The van der Waals surface area contributed by atoms with Gasteiger partial charge in [0.2, 0.25) is 0 Å². The van der Waals surface area contributed by atoms with Gasteiger partial charge in [-0.05, 0) is 29.5 Å². The highest BCUT2D eigenvalue weighted by Gasteiger charge is 2.12. The van der Waals surface area contributed by atoms with E-state index in [9.17, 15) is 0 Å². The fourth-order valence-electron chi connectivity index (χ4n) is 1.12. The summed E-state index contributed by atoms with van der Waals surface area (Å²) in [5.74, 6) is 0. The summed E-state index contributed by atoms with van der Waals surface area (Å²) in [7, 11) is 0. The number of hydrogen-bond acceptors (Lipinski definition) is 0. The molecule has 0 aliphatic rings. The Kier molecular flexibility index (Phi) is 2.79. The van der Waals surface area contributed by atoms with Gasteiger partial charge in [-0.2, -0.15) is 0 Å². The molecule has 1 heteroatoms. The second-order valence-electron chi connectivity index (χ2n) is 4.23. The van der Waals surface area contributed by atoms with Crippen LogP contribution in [0.2, 0.25) is 5.02 Å². The van der Waals surface area contributed by atoms with E-state index in [1.165, 1.54) is 0 Å². The van der Waals surface area contributed by atoms with E-state index in [-0.39, 0.29) is 5.41 Å². The molecule has 0 heterocycles. The molecule has 0 aromatic heterocycles. The van der Waals surface area contributed by atoms with Crippen LogP contribution in [0.1, 0.15) is 26.3 Å². The Morgan fingerprint density at radius 2 is 2.08 bits per heavy atom. The van der Waals surface area contributed by atoms with E-state index in [1.54, 1.807) is 0 Å². The maximum atomic E-state index is 6.00. The van der Waals surface area contributed by atoms with Crippen LogP contribution in [0, 0.1) is 11.5 Å². The zero-order chi connectivity index (χ0) is 9.19. The lowest BCUT2D eigenvalue weighted by Crippen LogP contribution is -2.09. The smallest absolute Gasteiger partial charge is 0.0444 e. The third-order valence-corrected chi connectivity index (χ3v) is 1.95. The van der Waals surface area contributed by atoms with Crippen LogP contribution in [0.25, 0.3) is 0 Å². The first-order valence-electron chi connectivity index (χ1n) is 4.14. The van der Waals surface area contributed by atoms with Gasteiger partial charge in [0.15, 0.2) is 0 Å². The minimum Gasteiger partial charge on any atom is -0.0840 e. The van der Waals surface area contributed by atoms with Crippen molar-refractivity contribution >= 4 is 11.6 Å². The fraction of sp³-hybridized carbons (Fsp3) is 0.455. The number of hydrogen-bond donors (Lipinski definition) is 0. The highest BCUT2D eigenvalue weighted by Crippen LogP contribution is 2.24. The van der Waals surface area contributed by atoms with Crippen molar-refractivity contribution in [2.24, 2.45) is 5.41 Å². The summed E-state index contributed by atoms with van der Waals surface area (Å²) in [4.78, 5) is 0. The molecule has 0 fully saturated rings. The summed E-state index contributed by atoms with van der Waals surface area (Å²) in [5, 5.41) is 0.826. The van der Waals surface area contributed by atoms with Crippen LogP contribution in [-0.2, 0) is 6.42 Å². The molecule has 0 saturated heterocycles. The topological polar surface area (TPSA) is 0 Å². The third-order valence-electron chi connectivity index (χ3n) is 1.59. The summed E-state index contributed by atoms with van der Waals surface area (Å²) in [6.45, 7) is 6.60. The molecule has 1 radical (unpaired) electrons. The van der Waals surface area contributed by atoms with Crippen LogP contribution < -0.4 is 0 Å². The zero-order valence-corrected chi connectivity index (χ0v) is 8.57. The highest BCUT2D eigenvalue weighted by molar-refractivity contribution is 6.31. The van der Waals surface area contributed by atoms with Crippen molar-refractivity contribution in [1.82, 2.24) is 0 Å². The predicted molar refractivity (Wildman–Crippen MR) is 53.4 cm³/mol. The van der Waals surface area contributed by atoms with Crippen LogP contribution in [0.3, 0.4) is 0 Å². The van der Waals surface area contributed by atoms with E-state index in [4.69, 9.17) is 11.6 Å². The van der Waals surface area contributed by atoms with Crippen molar-refractivity contribution in [3.8, 4) is 0 Å². The molecule has 65 valence electrons. The van der Waals surface area contributed by atoms with E-state index < -0.39 is 0 Å². The predicted octanol–water partition coefficient (Wildman–Crippen LogP) is 3.73. The van der Waals surface area contributed by atoms with E-state index in [0.29, 0.717) is 0 Å². The van der Waals surface area contributed by atoms with Gasteiger partial charge in [0.1, 0.15) is 0 Å². The molecular formula is C11H14Cl. The second-order valence-corrected chi connectivity index (χ2v) is 4.64. The Morgan fingerprint density at radius 1 is 1.42 bits per heavy atom. The molecule has 0 atom stereocenters. The molecule has 0 amide bonds. The highest BCUT2D eigenvalue weighted by atomic mass is 35.5. The summed E-state index contributed by atoms with van der Waals surface area (Å²) in [6, 6.07) is 8.90. The van der Waals surface area contributed by atoms with Crippen molar-refractivity contribution in [3.63, 3.8) is 0 Å². The largest absolute Gasteiger partial charge is 0.0840 e. The SMILES string of the molecule is CC(C)(C)Cc1[c]cccc1Cl. The molecule has 1 rings (SSSR count). The second kappa shape index (κ2) is 3.49. The van der Waals surface area contributed by atoms with Crippen molar-refractivity contribution in [3.05, 3.63) is 34.9 Å².